The summed E-state index contributed by atoms with van der Waals surface area (Å²) in [5.74, 6) is -2.44. The number of carbonyl (C=O) groups excluding carboxylic acids is 2. The van der Waals surface area contributed by atoms with E-state index >= 15 is 0 Å². The Morgan fingerprint density at radius 1 is 1.20 bits per heavy atom. The summed E-state index contributed by atoms with van der Waals surface area (Å²) in [4.78, 5) is 21.0. The van der Waals surface area contributed by atoms with Crippen molar-refractivity contribution in [3.05, 3.63) is 12.2 Å². The van der Waals surface area contributed by atoms with Crippen LogP contribution in [0.5, 0.6) is 0 Å². The minimum atomic E-state index is -4.29. The summed E-state index contributed by atoms with van der Waals surface area (Å²) in [5, 5.41) is 0. The molecule has 7 heteroatoms. The van der Waals surface area contributed by atoms with E-state index in [0.717, 1.165) is 19.3 Å². The van der Waals surface area contributed by atoms with Crippen LogP contribution in [0.4, 0.5) is 13.2 Å². The minimum absolute atomic E-state index is 0.399. The molecule has 0 fully saturated rings. The second-order valence-electron chi connectivity index (χ2n) is 2.38. The largest absolute Gasteiger partial charge is 0.461 e. The van der Waals surface area contributed by atoms with Crippen LogP contribution in [0.25, 0.3) is 0 Å². The molecule has 0 aromatic heterocycles. The summed E-state index contributed by atoms with van der Waals surface area (Å²) in [7, 11) is 0.989. The van der Waals surface area contributed by atoms with E-state index in [2.05, 4.69) is 9.47 Å². The van der Waals surface area contributed by atoms with Gasteiger partial charge in [-0.05, 0) is 0 Å². The molecule has 0 N–H and O–H groups in total. The van der Waals surface area contributed by atoms with Gasteiger partial charge < -0.3 is 9.47 Å². The first-order chi connectivity index (χ1) is 6.87. The van der Waals surface area contributed by atoms with Crippen molar-refractivity contribution in [3.63, 3.8) is 0 Å². The monoisotopic (exact) mass is 226 g/mol. The van der Waals surface area contributed by atoms with E-state index in [1.807, 2.05) is 0 Å². The normalized spacial score (nSPS) is 11.5. The summed E-state index contributed by atoms with van der Waals surface area (Å²) < 4.78 is 43.0. The van der Waals surface area contributed by atoms with E-state index < -0.39 is 31.1 Å². The predicted octanol–water partition coefficient (Wildman–Crippen LogP) is 1.21. The summed E-state index contributed by atoms with van der Waals surface area (Å²) in [6, 6.07) is 0. The minimum Gasteiger partial charge on any atom is -0.461 e. The summed E-state index contributed by atoms with van der Waals surface area (Å²) in [5.41, 5.74) is 0. The van der Waals surface area contributed by atoms with Gasteiger partial charge in [-0.2, -0.15) is 13.2 Å². The van der Waals surface area contributed by atoms with Crippen molar-refractivity contribution < 1.29 is 32.2 Å². The number of allylic oxidation sites excluding steroid dienone is 1. The molecule has 0 bridgehead atoms. The smallest absolute Gasteiger partial charge is 0.417 e. The highest BCUT2D eigenvalue weighted by Gasteiger charge is 2.24. The average Bonchev–Trinajstić information content (AvgIpc) is 2.14. The maximum absolute atomic E-state index is 11.6. The van der Waals surface area contributed by atoms with Gasteiger partial charge in [-0.15, -0.1) is 0 Å². The van der Waals surface area contributed by atoms with Crippen molar-refractivity contribution >= 4 is 11.9 Å². The van der Waals surface area contributed by atoms with Gasteiger partial charge in [0.05, 0.1) is 13.5 Å². The fourth-order valence-corrected chi connectivity index (χ4v) is 0.551. The van der Waals surface area contributed by atoms with Crippen LogP contribution in [0.3, 0.4) is 0 Å². The van der Waals surface area contributed by atoms with Gasteiger partial charge in [0.2, 0.25) is 0 Å². The van der Waals surface area contributed by atoms with Gasteiger partial charge in [0.25, 0.3) is 0 Å². The van der Waals surface area contributed by atoms with Crippen LogP contribution in [0.15, 0.2) is 12.2 Å². The summed E-state index contributed by atoms with van der Waals surface area (Å²) in [6.45, 7) is -0.399. The topological polar surface area (TPSA) is 52.6 Å². The van der Waals surface area contributed by atoms with Crippen molar-refractivity contribution in [1.29, 1.82) is 0 Å². The number of hydrogen-bond acceptors (Lipinski definition) is 4. The number of methoxy groups -OCH3 is 1. The lowest BCUT2D eigenvalue weighted by Crippen LogP contribution is -2.18. The van der Waals surface area contributed by atoms with Crippen LogP contribution < -0.4 is 0 Å². The lowest BCUT2D eigenvalue weighted by atomic mass is 10.4. The molecule has 15 heavy (non-hydrogen) atoms. The first-order valence-electron chi connectivity index (χ1n) is 3.83. The average molecular weight is 226 g/mol. The molecule has 0 radical (unpaired) electrons. The zero-order valence-electron chi connectivity index (χ0n) is 7.84. The molecule has 86 valence electrons. The van der Waals surface area contributed by atoms with E-state index in [1.165, 1.54) is 0 Å². The Hall–Kier alpha value is -1.53. The zero-order chi connectivity index (χ0) is 11.9. The maximum Gasteiger partial charge on any atom is 0.417 e. The molecule has 0 saturated heterocycles. The second-order valence-corrected chi connectivity index (χ2v) is 2.38. The van der Waals surface area contributed by atoms with Crippen molar-refractivity contribution in [2.75, 3.05) is 13.7 Å². The van der Waals surface area contributed by atoms with Crippen molar-refractivity contribution in [2.24, 2.45) is 0 Å². The third-order valence-corrected chi connectivity index (χ3v) is 1.18. The SMILES string of the molecule is COC(=O)C(=O)OC/C=C/CC(F)(F)F. The standard InChI is InChI=1S/C8H9F3O4/c1-14-6(12)7(13)15-5-3-2-4-8(9,10)11/h2-3H,4-5H2,1H3/b3-2+. The van der Waals surface area contributed by atoms with Crippen LogP contribution in [0.1, 0.15) is 6.42 Å². The Morgan fingerprint density at radius 3 is 2.27 bits per heavy atom. The molecule has 0 aromatic carbocycles. The van der Waals surface area contributed by atoms with E-state index in [0.29, 0.717) is 0 Å². The van der Waals surface area contributed by atoms with E-state index in [1.54, 1.807) is 0 Å². The van der Waals surface area contributed by atoms with E-state index in [4.69, 9.17) is 0 Å². The molecule has 0 aliphatic rings. The lowest BCUT2D eigenvalue weighted by molar-refractivity contribution is -0.165. The molecule has 0 atom stereocenters. The van der Waals surface area contributed by atoms with Crippen molar-refractivity contribution in [2.45, 2.75) is 12.6 Å². The van der Waals surface area contributed by atoms with E-state index in [-0.39, 0.29) is 0 Å². The Bertz CT molecular complexity index is 257. The predicted molar refractivity (Wildman–Crippen MR) is 42.8 cm³/mol. The van der Waals surface area contributed by atoms with Crippen LogP contribution in [0.2, 0.25) is 0 Å². The maximum atomic E-state index is 11.6. The Balaban J connectivity index is 3.71. The van der Waals surface area contributed by atoms with Crippen LogP contribution in [0, 0.1) is 0 Å². The number of hydrogen-bond donors (Lipinski definition) is 0. The molecule has 0 aliphatic heterocycles. The van der Waals surface area contributed by atoms with Gasteiger partial charge in [0, 0.05) is 0 Å². The molecule has 0 rings (SSSR count). The van der Waals surface area contributed by atoms with E-state index in [9.17, 15) is 22.8 Å². The van der Waals surface area contributed by atoms with Crippen LogP contribution in [-0.2, 0) is 19.1 Å². The third-order valence-electron chi connectivity index (χ3n) is 1.18. The number of ether oxygens (including phenoxy) is 2. The highest BCUT2D eigenvalue weighted by molar-refractivity contribution is 6.29. The molecular formula is C8H9F3O4. The Morgan fingerprint density at radius 2 is 1.80 bits per heavy atom. The van der Waals surface area contributed by atoms with Gasteiger partial charge in [0.15, 0.2) is 0 Å². The fraction of sp³-hybridized carbons (Fsp3) is 0.500. The fourth-order valence-electron chi connectivity index (χ4n) is 0.551. The molecule has 0 spiro atoms. The molecule has 0 saturated carbocycles. The third kappa shape index (κ3) is 7.53. The van der Waals surface area contributed by atoms with Gasteiger partial charge in [-0.1, -0.05) is 12.2 Å². The Labute approximate surface area is 83.7 Å². The molecule has 0 aliphatic carbocycles. The van der Waals surface area contributed by atoms with Gasteiger partial charge in [-0.25, -0.2) is 9.59 Å². The highest BCUT2D eigenvalue weighted by Crippen LogP contribution is 2.19. The summed E-state index contributed by atoms with van der Waals surface area (Å²) >= 11 is 0. The number of alkyl halides is 3. The van der Waals surface area contributed by atoms with Crippen molar-refractivity contribution in [3.8, 4) is 0 Å². The van der Waals surface area contributed by atoms with Gasteiger partial charge in [0.1, 0.15) is 6.61 Å². The quantitative estimate of drug-likeness (QED) is 0.412. The van der Waals surface area contributed by atoms with Gasteiger partial charge >= 0.3 is 18.1 Å². The first-order valence-corrected chi connectivity index (χ1v) is 3.83. The molecule has 4 nitrogen and oxygen atoms in total. The van der Waals surface area contributed by atoms with Crippen molar-refractivity contribution in [1.82, 2.24) is 0 Å². The zero-order valence-corrected chi connectivity index (χ0v) is 7.84. The van der Waals surface area contributed by atoms with Gasteiger partial charge in [-0.3, -0.25) is 0 Å². The first kappa shape index (κ1) is 13.5. The molecule has 0 aromatic rings. The number of halogens is 3. The number of rotatable bonds is 3. The second kappa shape index (κ2) is 6.05. The molecule has 0 heterocycles. The summed E-state index contributed by atoms with van der Waals surface area (Å²) in [6.07, 6.45) is -3.61. The number of esters is 2. The highest BCUT2D eigenvalue weighted by atomic mass is 19.4. The molecule has 0 unspecified atom stereocenters. The van der Waals surface area contributed by atoms with Crippen LogP contribution >= 0.6 is 0 Å². The number of carbonyl (C=O) groups is 2. The molecular weight excluding hydrogens is 217 g/mol. The molecule has 0 amide bonds. The lowest BCUT2D eigenvalue weighted by Gasteiger charge is -2.01. The van der Waals surface area contributed by atoms with Crippen LogP contribution in [-0.4, -0.2) is 31.8 Å². The Kier molecular flexibility index (Phi) is 5.43.